The van der Waals surface area contributed by atoms with E-state index in [9.17, 15) is 10.1 Å². The predicted octanol–water partition coefficient (Wildman–Crippen LogP) is 4.89. The van der Waals surface area contributed by atoms with Crippen molar-refractivity contribution in [3.05, 3.63) is 88.7 Å². The van der Waals surface area contributed by atoms with Crippen molar-refractivity contribution in [1.29, 1.82) is 0 Å². The number of nitrogens with one attached hydrogen (secondary N) is 2. The third-order valence-electron chi connectivity index (χ3n) is 6.51. The second kappa shape index (κ2) is 8.70. The fourth-order valence-corrected chi connectivity index (χ4v) is 4.60. The molecular formula is C27H21N5O3. The van der Waals surface area contributed by atoms with E-state index in [2.05, 4.69) is 32.4 Å². The normalized spacial score (nSPS) is 19.9. The number of hydrogen-bond acceptors (Lipinski definition) is 7. The van der Waals surface area contributed by atoms with E-state index in [4.69, 9.17) is 4.74 Å². The van der Waals surface area contributed by atoms with Gasteiger partial charge in [0, 0.05) is 23.1 Å². The SMILES string of the molecule is O=[N+]([O-])c1cc2c(Nc3ccc(Oc4ccccc4)cc3)ncnc2cc1C#C[C@H]1[C@H]2CNC[C@@H]12. The van der Waals surface area contributed by atoms with Crippen LogP contribution in [0.3, 0.4) is 0 Å². The van der Waals surface area contributed by atoms with Gasteiger partial charge in [-0.05, 0) is 67.4 Å². The quantitative estimate of drug-likeness (QED) is 0.247. The molecule has 8 nitrogen and oxygen atoms in total. The standard InChI is InChI=1S/C27H21N5O3/c33-32(34)26-13-22-25(12-17(26)6-11-21-23-14-28-15-24(21)23)29-16-30-27(22)31-18-7-9-20(10-8-18)35-19-4-2-1-3-5-19/h1-5,7-10,12-13,16,21,23-24,28H,14-15H2,(H,29,30,31)/t21-,23+,24-. The van der Waals surface area contributed by atoms with Gasteiger partial charge in [-0.2, -0.15) is 0 Å². The summed E-state index contributed by atoms with van der Waals surface area (Å²) in [7, 11) is 0. The van der Waals surface area contributed by atoms with E-state index in [-0.39, 0.29) is 5.69 Å². The summed E-state index contributed by atoms with van der Waals surface area (Å²) in [6, 6.07) is 20.1. The topological polar surface area (TPSA) is 102 Å². The van der Waals surface area contributed by atoms with Crippen molar-refractivity contribution in [2.24, 2.45) is 17.8 Å². The molecule has 35 heavy (non-hydrogen) atoms. The highest BCUT2D eigenvalue weighted by Gasteiger charge is 2.51. The van der Waals surface area contributed by atoms with Crippen LogP contribution in [0.25, 0.3) is 10.9 Å². The average molecular weight is 463 g/mol. The van der Waals surface area contributed by atoms with Crippen LogP contribution in [0.1, 0.15) is 5.56 Å². The molecule has 0 unspecified atom stereocenters. The number of rotatable bonds is 5. The van der Waals surface area contributed by atoms with Crippen molar-refractivity contribution in [3.63, 3.8) is 0 Å². The number of nitro benzene ring substituents is 1. The first-order valence-electron chi connectivity index (χ1n) is 11.4. The maximum absolute atomic E-state index is 11.8. The lowest BCUT2D eigenvalue weighted by Gasteiger charge is -2.10. The molecule has 0 spiro atoms. The van der Waals surface area contributed by atoms with Gasteiger partial charge in [0.15, 0.2) is 0 Å². The van der Waals surface area contributed by atoms with Crippen molar-refractivity contribution in [2.75, 3.05) is 18.4 Å². The lowest BCUT2D eigenvalue weighted by Crippen LogP contribution is -2.13. The van der Waals surface area contributed by atoms with Gasteiger partial charge in [0.05, 0.1) is 10.4 Å². The van der Waals surface area contributed by atoms with E-state index in [1.54, 1.807) is 6.07 Å². The Morgan fingerprint density at radius 1 is 1.00 bits per heavy atom. The number of nitro groups is 1. The predicted molar refractivity (Wildman–Crippen MR) is 133 cm³/mol. The summed E-state index contributed by atoms with van der Waals surface area (Å²) >= 11 is 0. The van der Waals surface area contributed by atoms with Crippen LogP contribution in [0, 0.1) is 39.7 Å². The maximum atomic E-state index is 11.8. The van der Waals surface area contributed by atoms with Gasteiger partial charge < -0.3 is 15.4 Å². The van der Waals surface area contributed by atoms with Crippen molar-refractivity contribution in [2.45, 2.75) is 0 Å². The van der Waals surface area contributed by atoms with Crippen molar-refractivity contribution in [1.82, 2.24) is 15.3 Å². The van der Waals surface area contributed by atoms with Crippen LogP contribution in [-0.4, -0.2) is 28.0 Å². The zero-order valence-electron chi connectivity index (χ0n) is 18.6. The molecule has 2 fully saturated rings. The zero-order valence-corrected chi connectivity index (χ0v) is 18.6. The Morgan fingerprint density at radius 3 is 2.49 bits per heavy atom. The van der Waals surface area contributed by atoms with Crippen LogP contribution >= 0.6 is 0 Å². The summed E-state index contributed by atoms with van der Waals surface area (Å²) in [5.41, 5.74) is 1.70. The Kier molecular flexibility index (Phi) is 5.24. The second-order valence-electron chi connectivity index (χ2n) is 8.71. The van der Waals surface area contributed by atoms with Crippen LogP contribution in [-0.2, 0) is 0 Å². The molecule has 6 rings (SSSR count). The molecule has 1 aromatic heterocycles. The molecule has 172 valence electrons. The summed E-state index contributed by atoms with van der Waals surface area (Å²) in [5.74, 6) is 9.71. The minimum absolute atomic E-state index is 0.0432. The summed E-state index contributed by atoms with van der Waals surface area (Å²) in [5, 5.41) is 19.0. The number of benzene rings is 3. The molecule has 0 bridgehead atoms. The smallest absolute Gasteiger partial charge is 0.285 e. The van der Waals surface area contributed by atoms with Gasteiger partial charge in [0.1, 0.15) is 29.2 Å². The molecule has 2 heterocycles. The van der Waals surface area contributed by atoms with E-state index < -0.39 is 4.92 Å². The third-order valence-corrected chi connectivity index (χ3v) is 6.51. The largest absolute Gasteiger partial charge is 0.457 e. The Bertz CT molecular complexity index is 1470. The van der Waals surface area contributed by atoms with E-state index in [1.807, 2.05) is 54.6 Å². The maximum Gasteiger partial charge on any atom is 0.285 e. The first-order valence-corrected chi connectivity index (χ1v) is 11.4. The molecule has 0 radical (unpaired) electrons. The van der Waals surface area contributed by atoms with Gasteiger partial charge in [-0.15, -0.1) is 0 Å². The molecule has 1 saturated carbocycles. The molecule has 1 aliphatic carbocycles. The zero-order chi connectivity index (χ0) is 23.8. The molecule has 8 heteroatoms. The number of aromatic nitrogens is 2. The highest BCUT2D eigenvalue weighted by molar-refractivity contribution is 5.93. The fourth-order valence-electron chi connectivity index (χ4n) is 4.60. The number of ether oxygens (including phenoxy) is 1. The van der Waals surface area contributed by atoms with Crippen molar-refractivity contribution >= 4 is 28.1 Å². The Hall–Kier alpha value is -4.48. The monoisotopic (exact) mass is 463 g/mol. The van der Waals surface area contributed by atoms with Gasteiger partial charge in [-0.1, -0.05) is 30.0 Å². The minimum Gasteiger partial charge on any atom is -0.457 e. The lowest BCUT2D eigenvalue weighted by molar-refractivity contribution is -0.385. The summed E-state index contributed by atoms with van der Waals surface area (Å²) in [6.45, 7) is 1.96. The second-order valence-corrected chi connectivity index (χ2v) is 8.71. The van der Waals surface area contributed by atoms with Crippen molar-refractivity contribution in [3.8, 4) is 23.3 Å². The molecule has 3 aromatic carbocycles. The molecule has 4 aromatic rings. The first-order chi connectivity index (χ1) is 17.2. The number of anilines is 2. The number of para-hydroxylation sites is 1. The molecule has 0 amide bonds. The molecule has 3 atom stereocenters. The fraction of sp³-hybridized carbons (Fsp3) is 0.185. The molecule has 2 N–H and O–H groups in total. The summed E-state index contributed by atoms with van der Waals surface area (Å²) in [4.78, 5) is 20.1. The van der Waals surface area contributed by atoms with Gasteiger partial charge in [-0.25, -0.2) is 9.97 Å². The van der Waals surface area contributed by atoms with Crippen LogP contribution in [0.2, 0.25) is 0 Å². The summed E-state index contributed by atoms with van der Waals surface area (Å²) in [6.07, 6.45) is 1.44. The Labute approximate surface area is 201 Å². The van der Waals surface area contributed by atoms with Gasteiger partial charge in [-0.3, -0.25) is 10.1 Å². The molecule has 1 saturated heterocycles. The van der Waals surface area contributed by atoms with E-state index in [0.717, 1.165) is 24.5 Å². The van der Waals surface area contributed by atoms with E-state index in [0.29, 0.717) is 45.8 Å². The Morgan fingerprint density at radius 2 is 1.74 bits per heavy atom. The first kappa shape index (κ1) is 21.1. The van der Waals surface area contributed by atoms with Crippen LogP contribution < -0.4 is 15.4 Å². The van der Waals surface area contributed by atoms with Gasteiger partial charge in [0.25, 0.3) is 5.69 Å². The number of nitrogens with zero attached hydrogens (tertiary/aromatic N) is 3. The molecule has 2 aliphatic rings. The number of fused-ring (bicyclic) bond motifs is 2. The summed E-state index contributed by atoms with van der Waals surface area (Å²) < 4.78 is 5.83. The van der Waals surface area contributed by atoms with E-state index in [1.165, 1.54) is 12.4 Å². The lowest BCUT2D eigenvalue weighted by atomic mass is 10.1. The molecule has 1 aliphatic heterocycles. The number of piperidine rings is 1. The van der Waals surface area contributed by atoms with Crippen LogP contribution in [0.5, 0.6) is 11.5 Å². The number of hydrogen-bond donors (Lipinski definition) is 2. The van der Waals surface area contributed by atoms with Crippen LogP contribution in [0.15, 0.2) is 73.1 Å². The third kappa shape index (κ3) is 4.25. The van der Waals surface area contributed by atoms with Crippen molar-refractivity contribution < 1.29 is 9.66 Å². The highest BCUT2D eigenvalue weighted by atomic mass is 16.6. The van der Waals surface area contributed by atoms with Gasteiger partial charge in [0.2, 0.25) is 0 Å². The minimum atomic E-state index is -0.398. The average Bonchev–Trinajstić information content (AvgIpc) is 3.29. The highest BCUT2D eigenvalue weighted by Crippen LogP contribution is 2.48. The van der Waals surface area contributed by atoms with E-state index >= 15 is 0 Å². The van der Waals surface area contributed by atoms with Crippen LogP contribution in [0.4, 0.5) is 17.2 Å². The Balaban J connectivity index is 1.26. The van der Waals surface area contributed by atoms with Gasteiger partial charge >= 0.3 is 0 Å². The molecular weight excluding hydrogens is 442 g/mol.